The third-order valence-electron chi connectivity index (χ3n) is 4.00. The monoisotopic (exact) mass is 435 g/mol. The fourth-order valence-electron chi connectivity index (χ4n) is 2.77. The maximum absolute atomic E-state index is 12.3. The van der Waals surface area contributed by atoms with E-state index in [1.165, 1.54) is 12.1 Å². The molecule has 0 saturated carbocycles. The molecule has 1 heterocycles. The molecule has 0 aromatic heterocycles. The van der Waals surface area contributed by atoms with Gasteiger partial charge in [0.15, 0.2) is 18.1 Å². The number of hydrogen-bond acceptors (Lipinski definition) is 7. The maximum Gasteiger partial charge on any atom is 0.338 e. The topological polar surface area (TPSA) is 92.3 Å². The highest BCUT2D eigenvalue weighted by molar-refractivity contribution is 6.32. The van der Waals surface area contributed by atoms with Crippen molar-refractivity contribution in [3.05, 3.63) is 40.9 Å². The van der Waals surface area contributed by atoms with Gasteiger partial charge in [0, 0.05) is 6.07 Å². The van der Waals surface area contributed by atoms with Gasteiger partial charge in [-0.25, -0.2) is 4.79 Å². The van der Waals surface area contributed by atoms with E-state index in [9.17, 15) is 9.59 Å². The van der Waals surface area contributed by atoms with Crippen LogP contribution in [0.2, 0.25) is 5.02 Å². The molecule has 2 aromatic carbocycles. The number of rotatable bonds is 8. The Morgan fingerprint density at radius 2 is 1.83 bits per heavy atom. The number of nitrogens with one attached hydrogen (secondary N) is 1. The summed E-state index contributed by atoms with van der Waals surface area (Å²) < 4.78 is 26.9. The number of esters is 1. The Bertz CT molecular complexity index is 932. The van der Waals surface area contributed by atoms with Crippen molar-refractivity contribution in [2.45, 2.75) is 13.8 Å². The van der Waals surface area contributed by atoms with Crippen LogP contribution in [0.3, 0.4) is 0 Å². The quantitative estimate of drug-likeness (QED) is 0.632. The smallest absolute Gasteiger partial charge is 0.338 e. The van der Waals surface area contributed by atoms with Crippen LogP contribution in [-0.2, 0) is 9.53 Å². The van der Waals surface area contributed by atoms with Crippen LogP contribution in [0.4, 0.5) is 5.69 Å². The number of fused-ring (bicyclic) bond motifs is 1. The maximum atomic E-state index is 12.3. The molecule has 1 aliphatic heterocycles. The van der Waals surface area contributed by atoms with Gasteiger partial charge < -0.3 is 29.0 Å². The first-order valence-electron chi connectivity index (χ1n) is 9.47. The molecule has 0 saturated heterocycles. The zero-order chi connectivity index (χ0) is 21.5. The van der Waals surface area contributed by atoms with E-state index in [4.69, 9.17) is 35.3 Å². The fourth-order valence-corrected chi connectivity index (χ4v) is 3.04. The van der Waals surface area contributed by atoms with Gasteiger partial charge in [-0.2, -0.15) is 0 Å². The Morgan fingerprint density at radius 3 is 2.60 bits per heavy atom. The van der Waals surface area contributed by atoms with Crippen LogP contribution >= 0.6 is 11.6 Å². The molecule has 0 bridgehead atoms. The summed E-state index contributed by atoms with van der Waals surface area (Å²) in [5.74, 6) is 0.575. The van der Waals surface area contributed by atoms with Gasteiger partial charge >= 0.3 is 5.97 Å². The second-order valence-electron chi connectivity index (χ2n) is 6.13. The SMILES string of the molecule is CCOc1ccc(OCC)c(NC(=O)COC(=O)c2cc(Cl)c3c(c2)OCCO3)c1. The molecular weight excluding hydrogens is 414 g/mol. The van der Waals surface area contributed by atoms with E-state index in [1.807, 2.05) is 13.8 Å². The standard InChI is InChI=1S/C21H22ClNO7/c1-3-26-14-5-6-17(27-4-2)16(11-14)23-19(24)12-30-21(25)13-9-15(22)20-18(10-13)28-7-8-29-20/h5-6,9-11H,3-4,7-8,12H2,1-2H3,(H,23,24). The minimum atomic E-state index is -0.711. The predicted octanol–water partition coefficient (Wildman–Crippen LogP) is 3.70. The molecule has 160 valence electrons. The normalized spacial score (nSPS) is 12.1. The summed E-state index contributed by atoms with van der Waals surface area (Å²) in [6.07, 6.45) is 0. The van der Waals surface area contributed by atoms with Crippen LogP contribution in [0.25, 0.3) is 0 Å². The lowest BCUT2D eigenvalue weighted by atomic mass is 10.2. The van der Waals surface area contributed by atoms with Crippen molar-refractivity contribution >= 4 is 29.2 Å². The van der Waals surface area contributed by atoms with Crippen molar-refractivity contribution in [1.82, 2.24) is 0 Å². The summed E-state index contributed by atoms with van der Waals surface area (Å²) in [7, 11) is 0. The zero-order valence-electron chi connectivity index (χ0n) is 16.7. The first kappa shape index (κ1) is 21.6. The van der Waals surface area contributed by atoms with Crippen LogP contribution in [0.15, 0.2) is 30.3 Å². The van der Waals surface area contributed by atoms with Gasteiger partial charge in [0.2, 0.25) is 0 Å². The largest absolute Gasteiger partial charge is 0.494 e. The highest BCUT2D eigenvalue weighted by atomic mass is 35.5. The van der Waals surface area contributed by atoms with E-state index >= 15 is 0 Å². The number of hydrogen-bond donors (Lipinski definition) is 1. The van der Waals surface area contributed by atoms with Gasteiger partial charge in [-0.3, -0.25) is 4.79 Å². The molecule has 0 radical (unpaired) electrons. The van der Waals surface area contributed by atoms with Crippen molar-refractivity contribution in [3.63, 3.8) is 0 Å². The van der Waals surface area contributed by atoms with Crippen molar-refractivity contribution in [2.24, 2.45) is 0 Å². The lowest BCUT2D eigenvalue weighted by molar-refractivity contribution is -0.119. The Hall–Kier alpha value is -3.13. The number of carbonyl (C=O) groups excluding carboxylic acids is 2. The summed E-state index contributed by atoms with van der Waals surface area (Å²) in [5, 5.41) is 2.90. The number of benzene rings is 2. The Kier molecular flexibility index (Phi) is 7.24. The van der Waals surface area contributed by atoms with Gasteiger partial charge in [-0.1, -0.05) is 11.6 Å². The third kappa shape index (κ3) is 5.27. The Morgan fingerprint density at radius 1 is 1.07 bits per heavy atom. The summed E-state index contributed by atoms with van der Waals surface area (Å²) in [6, 6.07) is 7.98. The minimum Gasteiger partial charge on any atom is -0.494 e. The molecule has 1 N–H and O–H groups in total. The van der Waals surface area contributed by atoms with Crippen LogP contribution in [-0.4, -0.2) is 44.9 Å². The second-order valence-corrected chi connectivity index (χ2v) is 6.54. The van der Waals surface area contributed by atoms with E-state index in [1.54, 1.807) is 18.2 Å². The summed E-state index contributed by atoms with van der Waals surface area (Å²) in [5.41, 5.74) is 0.580. The van der Waals surface area contributed by atoms with Gasteiger partial charge in [0.25, 0.3) is 5.91 Å². The molecule has 0 fully saturated rings. The summed E-state index contributed by atoms with van der Waals surface area (Å²) in [6.45, 7) is 4.85. The summed E-state index contributed by atoms with van der Waals surface area (Å²) >= 11 is 6.13. The molecule has 30 heavy (non-hydrogen) atoms. The van der Waals surface area contributed by atoms with Crippen LogP contribution < -0.4 is 24.3 Å². The highest BCUT2D eigenvalue weighted by Gasteiger charge is 2.21. The van der Waals surface area contributed by atoms with E-state index in [2.05, 4.69) is 5.32 Å². The summed E-state index contributed by atoms with van der Waals surface area (Å²) in [4.78, 5) is 24.7. The molecule has 1 amide bonds. The average Bonchev–Trinajstić information content (AvgIpc) is 2.74. The molecule has 0 unspecified atom stereocenters. The lowest BCUT2D eigenvalue weighted by Crippen LogP contribution is -2.22. The van der Waals surface area contributed by atoms with Crippen molar-refractivity contribution in [2.75, 3.05) is 38.4 Å². The van der Waals surface area contributed by atoms with E-state index < -0.39 is 18.5 Å². The predicted molar refractivity (Wildman–Crippen MR) is 110 cm³/mol. The molecule has 9 heteroatoms. The first-order valence-corrected chi connectivity index (χ1v) is 9.85. The molecule has 2 aromatic rings. The van der Waals surface area contributed by atoms with Crippen LogP contribution in [0.5, 0.6) is 23.0 Å². The van der Waals surface area contributed by atoms with Gasteiger partial charge in [-0.15, -0.1) is 0 Å². The number of anilines is 1. The Balaban J connectivity index is 1.64. The fraction of sp³-hybridized carbons (Fsp3) is 0.333. The number of amides is 1. The second kappa shape index (κ2) is 10.1. The molecule has 3 rings (SSSR count). The van der Waals surface area contributed by atoms with Gasteiger partial charge in [-0.05, 0) is 38.1 Å². The number of halogens is 1. The number of carbonyl (C=O) groups is 2. The molecule has 8 nitrogen and oxygen atoms in total. The van der Waals surface area contributed by atoms with Crippen molar-refractivity contribution in [1.29, 1.82) is 0 Å². The van der Waals surface area contributed by atoms with E-state index in [-0.39, 0.29) is 10.6 Å². The van der Waals surface area contributed by atoms with Crippen LogP contribution in [0, 0.1) is 0 Å². The Labute approximate surface area is 179 Å². The van der Waals surface area contributed by atoms with Gasteiger partial charge in [0.1, 0.15) is 24.7 Å². The lowest BCUT2D eigenvalue weighted by Gasteiger charge is -2.20. The molecular formula is C21H22ClNO7. The molecule has 0 atom stereocenters. The van der Waals surface area contributed by atoms with E-state index in [0.717, 1.165) is 0 Å². The van der Waals surface area contributed by atoms with Gasteiger partial charge in [0.05, 0.1) is 29.5 Å². The van der Waals surface area contributed by atoms with Crippen molar-refractivity contribution in [3.8, 4) is 23.0 Å². The number of ether oxygens (including phenoxy) is 5. The van der Waals surface area contributed by atoms with E-state index in [0.29, 0.717) is 55.1 Å². The first-order chi connectivity index (χ1) is 14.5. The zero-order valence-corrected chi connectivity index (χ0v) is 17.4. The molecule has 1 aliphatic rings. The minimum absolute atomic E-state index is 0.158. The third-order valence-corrected chi connectivity index (χ3v) is 4.28. The molecule has 0 aliphatic carbocycles. The van der Waals surface area contributed by atoms with Crippen molar-refractivity contribution < 1.29 is 33.3 Å². The molecule has 0 spiro atoms. The van der Waals surface area contributed by atoms with Crippen LogP contribution in [0.1, 0.15) is 24.2 Å². The highest BCUT2D eigenvalue weighted by Crippen LogP contribution is 2.38. The average molecular weight is 436 g/mol.